The van der Waals surface area contributed by atoms with E-state index in [0.29, 0.717) is 0 Å². The summed E-state index contributed by atoms with van der Waals surface area (Å²) in [6, 6.07) is 7.67. The van der Waals surface area contributed by atoms with Crippen LogP contribution in [0.15, 0.2) is 24.3 Å². The molecule has 0 amide bonds. The van der Waals surface area contributed by atoms with Crippen molar-refractivity contribution in [3.63, 3.8) is 0 Å². The normalized spacial score (nSPS) is 11.2. The van der Waals surface area contributed by atoms with Gasteiger partial charge < -0.3 is 4.74 Å². The van der Waals surface area contributed by atoms with Crippen LogP contribution in [-0.4, -0.2) is 12.4 Å². The minimum atomic E-state index is -0.331. The van der Waals surface area contributed by atoms with E-state index in [1.807, 2.05) is 45.0 Å². The molecule has 0 saturated heterocycles. The van der Waals surface area contributed by atoms with E-state index in [-0.39, 0.29) is 17.8 Å². The lowest BCUT2D eigenvalue weighted by Gasteiger charge is -2.16. The van der Waals surface area contributed by atoms with Gasteiger partial charge in [-0.15, -0.1) is 0 Å². The fourth-order valence-electron chi connectivity index (χ4n) is 0.922. The first-order chi connectivity index (χ1) is 6.89. The molecule has 0 aliphatic carbocycles. The average molecular weight is 318 g/mol. The van der Waals surface area contributed by atoms with Crippen LogP contribution in [0.3, 0.4) is 0 Å². The Labute approximate surface area is 104 Å². The molecule has 0 saturated carbocycles. The Bertz CT molecular complexity index is 353. The molecule has 0 aliphatic heterocycles. The van der Waals surface area contributed by atoms with Gasteiger partial charge in [-0.1, -0.05) is 26.8 Å². The maximum absolute atomic E-state index is 11.6. The number of hydrogen-bond donors (Lipinski definition) is 0. The highest BCUT2D eigenvalue weighted by atomic mass is 127. The van der Waals surface area contributed by atoms with Crippen LogP contribution < -0.4 is 4.74 Å². The third kappa shape index (κ3) is 4.20. The second-order valence-corrected chi connectivity index (χ2v) is 5.66. The summed E-state index contributed by atoms with van der Waals surface area (Å²) in [6.07, 6.45) is 0. The highest BCUT2D eigenvalue weighted by Crippen LogP contribution is 2.18. The molecular weight excluding hydrogens is 303 g/mol. The van der Waals surface area contributed by atoms with Gasteiger partial charge in [-0.3, -0.25) is 4.79 Å². The Morgan fingerprint density at radius 3 is 2.60 bits per heavy atom. The highest BCUT2D eigenvalue weighted by molar-refractivity contribution is 14.1. The number of rotatable bonds is 3. The van der Waals surface area contributed by atoms with Crippen LogP contribution in [0, 0.1) is 8.99 Å². The summed E-state index contributed by atoms with van der Waals surface area (Å²) >= 11 is 2.21. The molecule has 0 unspecified atom stereocenters. The second kappa shape index (κ2) is 4.96. The van der Waals surface area contributed by atoms with Gasteiger partial charge in [0, 0.05) is 8.99 Å². The highest BCUT2D eigenvalue weighted by Gasteiger charge is 2.21. The van der Waals surface area contributed by atoms with Crippen LogP contribution in [0.2, 0.25) is 0 Å². The lowest BCUT2D eigenvalue weighted by molar-refractivity contribution is -0.128. The van der Waals surface area contributed by atoms with Gasteiger partial charge in [0.1, 0.15) is 12.4 Å². The topological polar surface area (TPSA) is 26.3 Å². The van der Waals surface area contributed by atoms with Crippen LogP contribution in [-0.2, 0) is 4.79 Å². The van der Waals surface area contributed by atoms with E-state index in [9.17, 15) is 4.79 Å². The third-order valence-electron chi connectivity index (χ3n) is 2.00. The van der Waals surface area contributed by atoms with Crippen LogP contribution in [0.4, 0.5) is 0 Å². The fraction of sp³-hybridized carbons (Fsp3) is 0.417. The van der Waals surface area contributed by atoms with Crippen molar-refractivity contribution in [3.8, 4) is 5.75 Å². The Balaban J connectivity index is 2.55. The smallest absolute Gasteiger partial charge is 0.175 e. The van der Waals surface area contributed by atoms with Crippen molar-refractivity contribution in [3.05, 3.63) is 27.8 Å². The summed E-state index contributed by atoms with van der Waals surface area (Å²) in [6.45, 7) is 5.83. The quantitative estimate of drug-likeness (QED) is 0.800. The van der Waals surface area contributed by atoms with E-state index < -0.39 is 0 Å². The fourth-order valence-corrected chi connectivity index (χ4v) is 1.44. The summed E-state index contributed by atoms with van der Waals surface area (Å²) in [7, 11) is 0. The molecule has 0 atom stereocenters. The molecule has 2 nitrogen and oxygen atoms in total. The molecule has 1 aromatic carbocycles. The summed E-state index contributed by atoms with van der Waals surface area (Å²) in [5.74, 6) is 0.862. The molecule has 1 aromatic rings. The third-order valence-corrected chi connectivity index (χ3v) is 2.67. The molecule has 0 fully saturated rings. The lowest BCUT2D eigenvalue weighted by Crippen LogP contribution is -2.26. The summed E-state index contributed by atoms with van der Waals surface area (Å²) in [4.78, 5) is 11.6. The number of ketones is 1. The molecule has 0 radical (unpaired) electrons. The summed E-state index contributed by atoms with van der Waals surface area (Å²) in [5, 5.41) is 0. The van der Waals surface area contributed by atoms with Crippen LogP contribution in [0.1, 0.15) is 20.8 Å². The molecular formula is C12H15IO2. The van der Waals surface area contributed by atoms with Gasteiger partial charge in [-0.25, -0.2) is 0 Å². The van der Waals surface area contributed by atoms with Gasteiger partial charge in [0.25, 0.3) is 0 Å². The maximum Gasteiger partial charge on any atom is 0.175 e. The van der Waals surface area contributed by atoms with Crippen LogP contribution in [0.5, 0.6) is 5.75 Å². The zero-order valence-electron chi connectivity index (χ0n) is 9.21. The van der Waals surface area contributed by atoms with E-state index in [2.05, 4.69) is 22.6 Å². The molecule has 15 heavy (non-hydrogen) atoms. The number of carbonyl (C=O) groups is 1. The van der Waals surface area contributed by atoms with E-state index in [4.69, 9.17) is 4.74 Å². The van der Waals surface area contributed by atoms with Crippen molar-refractivity contribution in [2.45, 2.75) is 20.8 Å². The largest absolute Gasteiger partial charge is 0.486 e. The standard InChI is InChI=1S/C12H15IO2/c1-12(2,3)11(14)8-15-10-6-4-5-9(13)7-10/h4-7H,8H2,1-3H3. The van der Waals surface area contributed by atoms with Crippen molar-refractivity contribution >= 4 is 28.4 Å². The molecule has 0 bridgehead atoms. The number of carbonyl (C=O) groups excluding carboxylic acids is 1. The SMILES string of the molecule is CC(C)(C)C(=O)COc1cccc(I)c1. The molecule has 0 aliphatic rings. The molecule has 0 N–H and O–H groups in total. The number of hydrogen-bond acceptors (Lipinski definition) is 2. The van der Waals surface area contributed by atoms with Gasteiger partial charge in [-0.05, 0) is 40.8 Å². The summed E-state index contributed by atoms with van der Waals surface area (Å²) in [5.41, 5.74) is -0.331. The second-order valence-electron chi connectivity index (χ2n) is 4.42. The van der Waals surface area contributed by atoms with E-state index in [1.54, 1.807) is 0 Å². The Hall–Kier alpha value is -0.580. The molecule has 1 rings (SSSR count). The summed E-state index contributed by atoms with van der Waals surface area (Å²) < 4.78 is 6.53. The molecule has 0 aromatic heterocycles. The van der Waals surface area contributed by atoms with Crippen molar-refractivity contribution < 1.29 is 9.53 Å². The van der Waals surface area contributed by atoms with Gasteiger partial charge in [0.15, 0.2) is 5.78 Å². The van der Waals surface area contributed by atoms with E-state index in [1.165, 1.54) is 0 Å². The number of ether oxygens (including phenoxy) is 1. The predicted octanol–water partition coefficient (Wildman–Crippen LogP) is 3.29. The predicted molar refractivity (Wildman–Crippen MR) is 69.1 cm³/mol. The molecule has 0 heterocycles. The minimum absolute atomic E-state index is 0.112. The monoisotopic (exact) mass is 318 g/mol. The molecule has 0 spiro atoms. The zero-order valence-corrected chi connectivity index (χ0v) is 11.4. The van der Waals surface area contributed by atoms with Gasteiger partial charge >= 0.3 is 0 Å². The Kier molecular flexibility index (Phi) is 4.13. The minimum Gasteiger partial charge on any atom is -0.486 e. The number of benzene rings is 1. The molecule has 3 heteroatoms. The van der Waals surface area contributed by atoms with E-state index >= 15 is 0 Å². The van der Waals surface area contributed by atoms with Gasteiger partial charge in [0.2, 0.25) is 0 Å². The maximum atomic E-state index is 11.6. The van der Waals surface area contributed by atoms with Crippen molar-refractivity contribution in [2.24, 2.45) is 5.41 Å². The van der Waals surface area contributed by atoms with E-state index in [0.717, 1.165) is 9.32 Å². The van der Waals surface area contributed by atoms with Crippen LogP contribution in [0.25, 0.3) is 0 Å². The first kappa shape index (κ1) is 12.5. The lowest BCUT2D eigenvalue weighted by atomic mass is 9.91. The van der Waals surface area contributed by atoms with Gasteiger partial charge in [-0.2, -0.15) is 0 Å². The zero-order chi connectivity index (χ0) is 11.5. The van der Waals surface area contributed by atoms with Crippen LogP contribution >= 0.6 is 22.6 Å². The first-order valence-corrected chi connectivity index (χ1v) is 5.89. The Morgan fingerprint density at radius 2 is 2.07 bits per heavy atom. The average Bonchev–Trinajstić information content (AvgIpc) is 2.12. The van der Waals surface area contributed by atoms with Crippen molar-refractivity contribution in [1.82, 2.24) is 0 Å². The van der Waals surface area contributed by atoms with Crippen molar-refractivity contribution in [2.75, 3.05) is 6.61 Å². The number of Topliss-reactive ketones (excluding diaryl/α,β-unsaturated/α-hetero) is 1. The Morgan fingerprint density at radius 1 is 1.40 bits per heavy atom. The first-order valence-electron chi connectivity index (χ1n) is 4.81. The van der Waals surface area contributed by atoms with Gasteiger partial charge in [0.05, 0.1) is 0 Å². The number of halogens is 1. The van der Waals surface area contributed by atoms with Crippen molar-refractivity contribution in [1.29, 1.82) is 0 Å². The molecule has 82 valence electrons.